The molecule has 0 radical (unpaired) electrons. The topological polar surface area (TPSA) is 29.1 Å². The summed E-state index contributed by atoms with van der Waals surface area (Å²) in [5, 5.41) is 3.80. The van der Waals surface area contributed by atoms with Gasteiger partial charge in [0, 0.05) is 15.9 Å². The minimum Gasteiger partial charge on any atom is -0.346 e. The highest BCUT2D eigenvalue weighted by atomic mass is 79.9. The van der Waals surface area contributed by atoms with Gasteiger partial charge in [-0.2, -0.15) is 0 Å². The van der Waals surface area contributed by atoms with E-state index in [-0.39, 0.29) is 16.1 Å². The molecule has 2 nitrogen and oxygen atoms in total. The molecule has 0 fully saturated rings. The number of hydrogen-bond donors (Lipinski definition) is 1. The number of nitrogens with one attached hydrogen (secondary N) is 1. The number of amides is 1. The Morgan fingerprint density at radius 2 is 2.06 bits per heavy atom. The largest absolute Gasteiger partial charge is 0.346 e. The molecule has 1 aromatic carbocycles. The van der Waals surface area contributed by atoms with Crippen LogP contribution < -0.4 is 5.32 Å². The van der Waals surface area contributed by atoms with Gasteiger partial charge in [-0.05, 0) is 31.0 Å². The standard InChI is InChI=1S/C13H16BrClFNO/c1-3-13(4-2,8-14)17-12(18)10-6-5-9(15)7-11(10)16/h5-7H,3-4,8H2,1-2H3,(H,17,18). The summed E-state index contributed by atoms with van der Waals surface area (Å²) in [6, 6.07) is 4.05. The van der Waals surface area contributed by atoms with Crippen molar-refractivity contribution in [1.29, 1.82) is 0 Å². The van der Waals surface area contributed by atoms with Gasteiger partial charge in [0.2, 0.25) is 0 Å². The fraction of sp³-hybridized carbons (Fsp3) is 0.462. The van der Waals surface area contributed by atoms with Crippen molar-refractivity contribution in [3.05, 3.63) is 34.6 Å². The summed E-state index contributed by atoms with van der Waals surface area (Å²) in [5.74, 6) is -1.01. The third kappa shape index (κ3) is 3.45. The van der Waals surface area contributed by atoms with E-state index in [2.05, 4.69) is 21.2 Å². The molecule has 0 heterocycles. The normalized spacial score (nSPS) is 11.4. The van der Waals surface area contributed by atoms with Gasteiger partial charge in [-0.25, -0.2) is 4.39 Å². The van der Waals surface area contributed by atoms with Crippen LogP contribution in [0.4, 0.5) is 4.39 Å². The van der Waals surface area contributed by atoms with Gasteiger partial charge in [0.15, 0.2) is 0 Å². The van der Waals surface area contributed by atoms with Gasteiger partial charge in [-0.15, -0.1) is 0 Å². The lowest BCUT2D eigenvalue weighted by Crippen LogP contribution is -2.49. The lowest BCUT2D eigenvalue weighted by Gasteiger charge is -2.31. The second-order valence-corrected chi connectivity index (χ2v) is 5.20. The van der Waals surface area contributed by atoms with E-state index >= 15 is 0 Å². The van der Waals surface area contributed by atoms with Crippen LogP contribution in [0.15, 0.2) is 18.2 Å². The average molecular weight is 337 g/mol. The van der Waals surface area contributed by atoms with Gasteiger partial charge in [0.05, 0.1) is 5.56 Å². The van der Waals surface area contributed by atoms with Crippen molar-refractivity contribution in [1.82, 2.24) is 5.32 Å². The van der Waals surface area contributed by atoms with Crippen LogP contribution in [0.2, 0.25) is 5.02 Å². The fourth-order valence-corrected chi connectivity index (χ4v) is 2.72. The molecule has 0 unspecified atom stereocenters. The molecule has 0 aromatic heterocycles. The third-order valence-electron chi connectivity index (χ3n) is 3.16. The van der Waals surface area contributed by atoms with Gasteiger partial charge in [-0.1, -0.05) is 41.4 Å². The van der Waals surface area contributed by atoms with Crippen LogP contribution >= 0.6 is 27.5 Å². The monoisotopic (exact) mass is 335 g/mol. The average Bonchev–Trinajstić information content (AvgIpc) is 2.36. The SMILES string of the molecule is CCC(CC)(CBr)NC(=O)c1ccc(Cl)cc1F. The Hall–Kier alpha value is -0.610. The zero-order chi connectivity index (χ0) is 13.8. The first-order valence-corrected chi connectivity index (χ1v) is 7.31. The van der Waals surface area contributed by atoms with E-state index in [0.717, 1.165) is 18.9 Å². The van der Waals surface area contributed by atoms with E-state index < -0.39 is 11.7 Å². The molecule has 18 heavy (non-hydrogen) atoms. The first kappa shape index (κ1) is 15.4. The minimum absolute atomic E-state index is 0.0200. The smallest absolute Gasteiger partial charge is 0.254 e. The molecule has 0 aliphatic carbocycles. The Kier molecular flexibility index (Phi) is 5.60. The maximum absolute atomic E-state index is 13.6. The molecule has 0 aliphatic rings. The highest BCUT2D eigenvalue weighted by Crippen LogP contribution is 2.20. The lowest BCUT2D eigenvalue weighted by atomic mass is 9.95. The Balaban J connectivity index is 2.94. The van der Waals surface area contributed by atoms with Crippen molar-refractivity contribution in [3.63, 3.8) is 0 Å². The summed E-state index contributed by atoms with van der Waals surface area (Å²) < 4.78 is 13.6. The molecule has 0 atom stereocenters. The number of alkyl halides is 1. The zero-order valence-electron chi connectivity index (χ0n) is 10.4. The van der Waals surface area contributed by atoms with E-state index in [9.17, 15) is 9.18 Å². The van der Waals surface area contributed by atoms with Crippen molar-refractivity contribution >= 4 is 33.4 Å². The van der Waals surface area contributed by atoms with Crippen molar-refractivity contribution in [2.45, 2.75) is 32.2 Å². The minimum atomic E-state index is -0.601. The molecule has 100 valence electrons. The molecule has 1 rings (SSSR count). The predicted molar refractivity (Wildman–Crippen MR) is 76.0 cm³/mol. The van der Waals surface area contributed by atoms with E-state index in [1.54, 1.807) is 0 Å². The van der Waals surface area contributed by atoms with E-state index in [1.165, 1.54) is 12.1 Å². The molecule has 5 heteroatoms. The fourth-order valence-electron chi connectivity index (χ4n) is 1.63. The summed E-state index contributed by atoms with van der Waals surface area (Å²) in [4.78, 5) is 12.1. The summed E-state index contributed by atoms with van der Waals surface area (Å²) in [5.41, 5.74) is -0.324. The summed E-state index contributed by atoms with van der Waals surface area (Å²) >= 11 is 9.05. The summed E-state index contributed by atoms with van der Waals surface area (Å²) in [6.07, 6.45) is 1.55. The number of hydrogen-bond acceptors (Lipinski definition) is 1. The molecule has 0 saturated carbocycles. The first-order valence-electron chi connectivity index (χ1n) is 5.81. The van der Waals surface area contributed by atoms with Gasteiger partial charge in [0.1, 0.15) is 5.82 Å². The maximum Gasteiger partial charge on any atom is 0.254 e. The molecule has 0 saturated heterocycles. The highest BCUT2D eigenvalue weighted by molar-refractivity contribution is 9.09. The molecule has 1 N–H and O–H groups in total. The van der Waals surface area contributed by atoms with Crippen molar-refractivity contribution in [2.75, 3.05) is 5.33 Å². The van der Waals surface area contributed by atoms with Gasteiger partial charge < -0.3 is 5.32 Å². The van der Waals surface area contributed by atoms with Crippen LogP contribution in [-0.4, -0.2) is 16.8 Å². The van der Waals surface area contributed by atoms with Gasteiger partial charge in [-0.3, -0.25) is 4.79 Å². The van der Waals surface area contributed by atoms with Crippen LogP contribution in [0.5, 0.6) is 0 Å². The number of carbonyl (C=O) groups is 1. The zero-order valence-corrected chi connectivity index (χ0v) is 12.7. The highest BCUT2D eigenvalue weighted by Gasteiger charge is 2.28. The second-order valence-electron chi connectivity index (χ2n) is 4.20. The Bertz CT molecular complexity index is 427. The Morgan fingerprint density at radius 3 is 2.50 bits per heavy atom. The van der Waals surface area contributed by atoms with Crippen molar-refractivity contribution in [3.8, 4) is 0 Å². The van der Waals surface area contributed by atoms with E-state index in [4.69, 9.17) is 11.6 Å². The number of halogens is 3. The van der Waals surface area contributed by atoms with Crippen LogP contribution in [0, 0.1) is 5.82 Å². The maximum atomic E-state index is 13.6. The molecule has 0 aliphatic heterocycles. The molecular weight excluding hydrogens is 321 g/mol. The Morgan fingerprint density at radius 1 is 1.44 bits per heavy atom. The first-order chi connectivity index (χ1) is 8.48. The number of benzene rings is 1. The number of rotatable bonds is 5. The molecule has 0 bridgehead atoms. The van der Waals surface area contributed by atoms with Gasteiger partial charge in [0.25, 0.3) is 5.91 Å². The van der Waals surface area contributed by atoms with Crippen molar-refractivity contribution < 1.29 is 9.18 Å². The number of carbonyl (C=O) groups excluding carboxylic acids is 1. The van der Waals surface area contributed by atoms with Crippen LogP contribution in [0.1, 0.15) is 37.0 Å². The van der Waals surface area contributed by atoms with Crippen LogP contribution in [0.3, 0.4) is 0 Å². The Labute approximate surface area is 120 Å². The molecular formula is C13H16BrClFNO. The molecule has 1 amide bonds. The predicted octanol–water partition coefficient (Wildman–Crippen LogP) is 4.16. The summed E-state index contributed by atoms with van der Waals surface area (Å²) in [7, 11) is 0. The van der Waals surface area contributed by atoms with Crippen molar-refractivity contribution in [2.24, 2.45) is 0 Å². The van der Waals surface area contributed by atoms with E-state index in [1.807, 2.05) is 13.8 Å². The molecule has 1 aromatic rings. The van der Waals surface area contributed by atoms with E-state index in [0.29, 0.717) is 5.33 Å². The van der Waals surface area contributed by atoms with Crippen LogP contribution in [0.25, 0.3) is 0 Å². The third-order valence-corrected chi connectivity index (χ3v) is 4.47. The van der Waals surface area contributed by atoms with Gasteiger partial charge >= 0.3 is 0 Å². The summed E-state index contributed by atoms with van der Waals surface area (Å²) in [6.45, 7) is 3.98. The van der Waals surface area contributed by atoms with Crippen LogP contribution in [-0.2, 0) is 0 Å². The lowest BCUT2D eigenvalue weighted by molar-refractivity contribution is 0.0899. The second kappa shape index (κ2) is 6.53. The molecule has 0 spiro atoms. The quantitative estimate of drug-likeness (QED) is 0.804.